The van der Waals surface area contributed by atoms with Crippen LogP contribution >= 0.6 is 0 Å². The van der Waals surface area contributed by atoms with Crippen LogP contribution in [0.3, 0.4) is 0 Å². The van der Waals surface area contributed by atoms with Crippen molar-refractivity contribution >= 4 is 5.97 Å². The monoisotopic (exact) mass is 485 g/mol. The molecule has 5 rings (SSSR count). The van der Waals surface area contributed by atoms with Gasteiger partial charge in [0.2, 0.25) is 0 Å². The molecule has 5 heteroatoms. The summed E-state index contributed by atoms with van der Waals surface area (Å²) >= 11 is 0. The Morgan fingerprint density at radius 3 is 2.23 bits per heavy atom. The van der Waals surface area contributed by atoms with E-state index in [2.05, 4.69) is 46.4 Å². The van der Waals surface area contributed by atoms with Crippen LogP contribution in [0.2, 0.25) is 0 Å². The summed E-state index contributed by atoms with van der Waals surface area (Å²) in [6.45, 7) is 16.1. The molecule has 0 heterocycles. The molecule has 35 heavy (non-hydrogen) atoms. The van der Waals surface area contributed by atoms with Crippen molar-refractivity contribution in [2.75, 3.05) is 6.61 Å². The predicted molar refractivity (Wildman–Crippen MR) is 138 cm³/mol. The van der Waals surface area contributed by atoms with Gasteiger partial charge in [-0.15, -0.1) is 0 Å². The molecule has 0 amide bonds. The number of aliphatic hydroxyl groups is 1. The van der Waals surface area contributed by atoms with Crippen LogP contribution in [-0.4, -0.2) is 28.8 Å². The van der Waals surface area contributed by atoms with E-state index in [4.69, 9.17) is 0 Å². The minimum atomic E-state index is -0.582. The predicted octanol–water partition coefficient (Wildman–Crippen LogP) is 6.84. The number of carboxylic acid groups (broad SMARTS) is 1. The molecule has 2 unspecified atom stereocenters. The smallest absolute Gasteiger partial charge is 0.309 e. The lowest BCUT2D eigenvalue weighted by atomic mass is 9.32. The zero-order valence-electron chi connectivity index (χ0n) is 22.6. The van der Waals surface area contributed by atoms with Crippen LogP contribution < -0.4 is 0 Å². The summed E-state index contributed by atoms with van der Waals surface area (Å²) in [5.74, 6) is 1.16. The fourth-order valence-corrected chi connectivity index (χ4v) is 11.7. The van der Waals surface area contributed by atoms with E-state index in [1.807, 2.05) is 0 Å². The van der Waals surface area contributed by atoms with E-state index in [0.717, 1.165) is 64.2 Å². The number of aliphatic carboxylic acids is 1. The summed E-state index contributed by atoms with van der Waals surface area (Å²) in [6, 6.07) is -0.303. The minimum absolute atomic E-state index is 0.0243. The van der Waals surface area contributed by atoms with Crippen molar-refractivity contribution in [2.24, 2.45) is 61.8 Å². The first-order valence-corrected chi connectivity index (χ1v) is 14.2. The van der Waals surface area contributed by atoms with Crippen molar-refractivity contribution in [1.29, 1.82) is 0 Å². The average molecular weight is 486 g/mol. The molecule has 0 aromatic heterocycles. The molecular formula is C30H47NO4. The average Bonchev–Trinajstić information content (AvgIpc) is 3.21. The number of rotatable bonds is 4. The molecule has 5 nitrogen and oxygen atoms in total. The highest BCUT2D eigenvalue weighted by molar-refractivity contribution is 5.76. The van der Waals surface area contributed by atoms with Crippen LogP contribution in [0.4, 0.5) is 0 Å². The summed E-state index contributed by atoms with van der Waals surface area (Å²) in [6.07, 6.45) is 9.64. The number of nitroso groups, excluding NO2 is 1. The Morgan fingerprint density at radius 2 is 1.63 bits per heavy atom. The summed E-state index contributed by atoms with van der Waals surface area (Å²) in [7, 11) is 0. The van der Waals surface area contributed by atoms with E-state index < -0.39 is 16.8 Å². The Morgan fingerprint density at radius 1 is 0.914 bits per heavy atom. The summed E-state index contributed by atoms with van der Waals surface area (Å²) in [4.78, 5) is 24.5. The zero-order valence-corrected chi connectivity index (χ0v) is 22.6. The molecule has 5 aliphatic carbocycles. The van der Waals surface area contributed by atoms with E-state index in [1.165, 1.54) is 5.57 Å². The Labute approximate surface area is 211 Å². The Kier molecular flexibility index (Phi) is 5.73. The second kappa shape index (κ2) is 7.88. The van der Waals surface area contributed by atoms with Crippen molar-refractivity contribution < 1.29 is 15.0 Å². The van der Waals surface area contributed by atoms with Gasteiger partial charge in [-0.25, -0.2) is 0 Å². The van der Waals surface area contributed by atoms with Crippen molar-refractivity contribution in [3.8, 4) is 0 Å². The van der Waals surface area contributed by atoms with Gasteiger partial charge in [0, 0.05) is 5.41 Å². The van der Waals surface area contributed by atoms with Crippen molar-refractivity contribution in [2.45, 2.75) is 105 Å². The molecule has 0 aromatic rings. The first-order chi connectivity index (χ1) is 16.4. The lowest BCUT2D eigenvalue weighted by Gasteiger charge is -2.72. The zero-order chi connectivity index (χ0) is 25.6. The molecule has 0 radical (unpaired) electrons. The summed E-state index contributed by atoms with van der Waals surface area (Å²) in [5.41, 5.74) is 0.442. The lowest BCUT2D eigenvalue weighted by molar-refractivity contribution is -0.243. The third kappa shape index (κ3) is 2.94. The van der Waals surface area contributed by atoms with Crippen LogP contribution in [0.5, 0.6) is 0 Å². The number of hydrogen-bond donors (Lipinski definition) is 2. The maximum atomic E-state index is 12.8. The Bertz CT molecular complexity index is 933. The van der Waals surface area contributed by atoms with Gasteiger partial charge in [-0.1, -0.05) is 45.0 Å². The number of nitrogens with zero attached hydrogens (tertiary/aromatic N) is 1. The molecule has 0 saturated heterocycles. The van der Waals surface area contributed by atoms with Gasteiger partial charge in [0.1, 0.15) is 0 Å². The first-order valence-electron chi connectivity index (χ1n) is 14.2. The van der Waals surface area contributed by atoms with Crippen molar-refractivity contribution in [3.05, 3.63) is 17.1 Å². The second-order valence-electron chi connectivity index (χ2n) is 14.5. The van der Waals surface area contributed by atoms with Gasteiger partial charge in [-0.2, -0.15) is 4.91 Å². The molecule has 11 atom stereocenters. The Balaban J connectivity index is 1.56. The van der Waals surface area contributed by atoms with Crippen molar-refractivity contribution in [1.82, 2.24) is 0 Å². The van der Waals surface area contributed by atoms with Crippen LogP contribution in [0.1, 0.15) is 98.8 Å². The topological polar surface area (TPSA) is 87.0 Å². The number of carbonyl (C=O) groups is 1. The molecule has 196 valence electrons. The van der Waals surface area contributed by atoms with Crippen molar-refractivity contribution in [3.63, 3.8) is 0 Å². The highest BCUT2D eigenvalue weighted by Crippen LogP contribution is 2.77. The quantitative estimate of drug-likeness (QED) is 0.337. The second-order valence-corrected chi connectivity index (χ2v) is 14.5. The summed E-state index contributed by atoms with van der Waals surface area (Å²) in [5, 5.41) is 24.5. The molecule has 5 saturated carbocycles. The molecular weight excluding hydrogens is 438 g/mol. The fourth-order valence-electron chi connectivity index (χ4n) is 11.7. The third-order valence-electron chi connectivity index (χ3n) is 13.7. The van der Waals surface area contributed by atoms with Crippen LogP contribution in [0, 0.1) is 61.6 Å². The molecule has 0 spiro atoms. The number of allylic oxidation sites excluding steroid dienone is 1. The van der Waals surface area contributed by atoms with E-state index in [1.54, 1.807) is 0 Å². The van der Waals surface area contributed by atoms with Gasteiger partial charge in [0.25, 0.3) is 0 Å². The van der Waals surface area contributed by atoms with Crippen LogP contribution in [0.15, 0.2) is 17.3 Å². The van der Waals surface area contributed by atoms with E-state index in [9.17, 15) is 19.9 Å². The highest BCUT2D eigenvalue weighted by Gasteiger charge is 2.72. The first kappa shape index (κ1) is 25.4. The fraction of sp³-hybridized carbons (Fsp3) is 0.900. The molecule has 0 aromatic carbocycles. The maximum Gasteiger partial charge on any atom is 0.309 e. The number of hydrogen-bond acceptors (Lipinski definition) is 4. The van der Waals surface area contributed by atoms with Gasteiger partial charge < -0.3 is 10.2 Å². The molecule has 5 aliphatic rings. The van der Waals surface area contributed by atoms with Crippen LogP contribution in [0.25, 0.3) is 0 Å². The number of carboxylic acids is 1. The van der Waals surface area contributed by atoms with Gasteiger partial charge in [-0.3, -0.25) is 4.79 Å². The third-order valence-corrected chi connectivity index (χ3v) is 13.7. The minimum Gasteiger partial charge on any atom is -0.481 e. The standard InChI is InChI=1S/C30H47NO4/c1-18(2)19-9-14-30(25(33)34)16-15-28(5)20(24(19)30)7-8-22-26(3)12-11-23(31-35)27(4,17-32)21(26)10-13-29(22,28)6/h19-24,32H,1,7-17H2,2-6H3,(H,33,34)/t19-,20+,21+,22+,23?,24+,26-,27?,28+,29+,30-/m0/s1. The summed E-state index contributed by atoms with van der Waals surface area (Å²) < 4.78 is 0. The maximum absolute atomic E-state index is 12.8. The van der Waals surface area contributed by atoms with Gasteiger partial charge >= 0.3 is 5.97 Å². The van der Waals surface area contributed by atoms with E-state index in [-0.39, 0.29) is 34.8 Å². The SMILES string of the molecule is C=C(C)[C@@H]1CC[C@]2(C(=O)O)CC[C@]3(C)[C@H](CC[C@@H]4[C@@]5(C)CCC(N=O)C(C)(CO)[C@@H]5CC[C@]43C)[C@@H]12. The van der Waals surface area contributed by atoms with Gasteiger partial charge in [0.15, 0.2) is 0 Å². The Hall–Kier alpha value is -1.23. The highest BCUT2D eigenvalue weighted by atomic mass is 16.4. The lowest BCUT2D eigenvalue weighted by Crippen LogP contribution is -2.67. The molecule has 2 N–H and O–H groups in total. The van der Waals surface area contributed by atoms with Gasteiger partial charge in [-0.05, 0) is 117 Å². The van der Waals surface area contributed by atoms with E-state index >= 15 is 0 Å². The van der Waals surface area contributed by atoms with Gasteiger partial charge in [0.05, 0.1) is 18.1 Å². The normalized spacial score (nSPS) is 55.1. The molecule has 0 aliphatic heterocycles. The van der Waals surface area contributed by atoms with Crippen LogP contribution in [-0.2, 0) is 4.79 Å². The number of fused-ring (bicyclic) bond motifs is 7. The largest absolute Gasteiger partial charge is 0.481 e. The van der Waals surface area contributed by atoms with E-state index in [0.29, 0.717) is 23.7 Å². The molecule has 0 bridgehead atoms. The number of aliphatic hydroxyl groups excluding tert-OH is 1. The molecule has 5 fully saturated rings.